The third kappa shape index (κ3) is 90.0. The topological polar surface area (TPSA) is 85.2 Å². The fraction of sp³-hybridized carbons (Fsp3) is 0.718. The molecule has 0 aromatic rings. The Labute approximate surface area is 294 Å². The Bertz CT molecular complexity index is 867. The number of methoxy groups -OCH3 is 3. The van der Waals surface area contributed by atoms with Gasteiger partial charge in [0.05, 0.1) is 0 Å². The summed E-state index contributed by atoms with van der Waals surface area (Å²) in [4.78, 5) is 9.44. The molecule has 0 saturated heterocycles. The minimum absolute atomic E-state index is 0. The number of terminal acetylenes is 1. The molecule has 0 atom stereocenters. The van der Waals surface area contributed by atoms with E-state index in [0.717, 1.165) is 25.7 Å². The number of carbonyl (C=O) groups is 1. The SMILES string of the molecule is C.C.C#CCC.CC(C)=O.CCC#CC(C)(C)O.CCC#CC(C)(C)OC.CCC#CC(C)(C)OC.COC(C)(C)C#CCO.Cl. The summed E-state index contributed by atoms with van der Waals surface area (Å²) in [6.45, 7) is 25.8. The van der Waals surface area contributed by atoms with Gasteiger partial charge >= 0.3 is 0 Å². The zero-order chi connectivity index (χ0) is 35.6. The molecule has 0 heterocycles. The standard InChI is InChI=1S/2C8H14O.C7H12O2.C7H12O.C4H6.C3H6O.2CH4.ClH/c2*1-5-6-7-8(2,3)9-4;1-7(2,9-3)5-4-6-8;1-4-5-6-7(2,3)8;1-3-4-2;1-3(2)4;;;/h2*5H2,1-4H3;8H,6H2,1-3H3;8H,4H2,1-3H3;1H,4H2,2H3;1-2H3;2*1H4;1H. The Morgan fingerprint density at radius 1 is 0.609 bits per heavy atom. The van der Waals surface area contributed by atoms with E-state index in [0.29, 0.717) is 0 Å². The third-order valence-electron chi connectivity index (χ3n) is 3.91. The fourth-order valence-electron chi connectivity index (χ4n) is 1.31. The molecule has 0 aromatic carbocycles. The molecular weight excluding hydrogens is 600 g/mol. The van der Waals surface area contributed by atoms with E-state index in [9.17, 15) is 4.79 Å². The van der Waals surface area contributed by atoms with Crippen LogP contribution in [0, 0.1) is 59.7 Å². The fourth-order valence-corrected chi connectivity index (χ4v) is 1.31. The van der Waals surface area contributed by atoms with Crippen LogP contribution in [0.2, 0.25) is 0 Å². The molecule has 0 radical (unpaired) electrons. The number of ether oxygens (including phenoxy) is 3. The maximum atomic E-state index is 9.44. The monoisotopic (exact) mass is 673 g/mol. The number of rotatable bonds is 3. The molecule has 272 valence electrons. The molecule has 7 heteroatoms. The first-order valence-corrected chi connectivity index (χ1v) is 14.5. The highest BCUT2D eigenvalue weighted by molar-refractivity contribution is 5.85. The molecule has 0 saturated carbocycles. The van der Waals surface area contributed by atoms with E-state index in [-0.39, 0.29) is 50.9 Å². The van der Waals surface area contributed by atoms with Crippen molar-refractivity contribution in [1.82, 2.24) is 0 Å². The Kier molecular flexibility index (Phi) is 61.1. The van der Waals surface area contributed by atoms with E-state index in [4.69, 9.17) is 30.8 Å². The molecule has 2 N–H and O–H groups in total. The first kappa shape index (κ1) is 66.1. The van der Waals surface area contributed by atoms with Crippen LogP contribution in [0.25, 0.3) is 0 Å². The van der Waals surface area contributed by atoms with Gasteiger partial charge in [-0.05, 0) is 69.2 Å². The highest BCUT2D eigenvalue weighted by atomic mass is 35.5. The lowest BCUT2D eigenvalue weighted by atomic mass is 10.1. The minimum atomic E-state index is -0.810. The molecule has 0 fully saturated rings. The summed E-state index contributed by atoms with van der Waals surface area (Å²) in [7, 11) is 4.93. The summed E-state index contributed by atoms with van der Waals surface area (Å²) >= 11 is 0. The predicted octanol–water partition coefficient (Wildman–Crippen LogP) is 8.55. The summed E-state index contributed by atoms with van der Waals surface area (Å²) < 4.78 is 15.1. The van der Waals surface area contributed by atoms with Crippen molar-refractivity contribution in [3.8, 4) is 59.7 Å². The molecular formula is C39H73ClO6. The van der Waals surface area contributed by atoms with E-state index in [2.05, 4.69) is 53.3 Å². The minimum Gasteiger partial charge on any atom is -0.384 e. The summed E-state index contributed by atoms with van der Waals surface area (Å²) in [6.07, 6.45) is 8.23. The molecule has 0 unspecified atom stereocenters. The first-order valence-electron chi connectivity index (χ1n) is 14.5. The Hall–Kier alpha value is -2.44. The smallest absolute Gasteiger partial charge is 0.126 e. The zero-order valence-electron chi connectivity index (χ0n) is 31.0. The van der Waals surface area contributed by atoms with Crippen LogP contribution in [0.15, 0.2) is 0 Å². The van der Waals surface area contributed by atoms with Crippen molar-refractivity contribution in [2.75, 3.05) is 27.9 Å². The number of Topliss-reactive ketones (excluding diaryl/α,β-unsaturated/α-hetero) is 1. The van der Waals surface area contributed by atoms with Gasteiger partial charge in [0, 0.05) is 47.0 Å². The molecule has 0 aromatic heterocycles. The van der Waals surface area contributed by atoms with Crippen molar-refractivity contribution in [2.45, 2.75) is 160 Å². The van der Waals surface area contributed by atoms with Crippen LogP contribution in [0.3, 0.4) is 0 Å². The average Bonchev–Trinajstić information content (AvgIpc) is 2.93. The van der Waals surface area contributed by atoms with E-state index >= 15 is 0 Å². The highest BCUT2D eigenvalue weighted by Gasteiger charge is 2.11. The molecule has 0 spiro atoms. The molecule has 0 rings (SSSR count). The Balaban J connectivity index is -0.0000000516. The normalized spacial score (nSPS) is 8.74. The average molecular weight is 673 g/mol. The summed E-state index contributed by atoms with van der Waals surface area (Å²) in [6, 6.07) is 0. The van der Waals surface area contributed by atoms with Gasteiger partial charge in [0.2, 0.25) is 0 Å². The van der Waals surface area contributed by atoms with Crippen LogP contribution in [0.1, 0.15) is 137 Å². The Morgan fingerprint density at radius 2 is 0.826 bits per heavy atom. The molecule has 0 aliphatic rings. The highest BCUT2D eigenvalue weighted by Crippen LogP contribution is 2.05. The van der Waals surface area contributed by atoms with Crippen molar-refractivity contribution >= 4 is 18.2 Å². The molecule has 0 aliphatic heterocycles. The zero-order valence-corrected chi connectivity index (χ0v) is 31.9. The van der Waals surface area contributed by atoms with Gasteiger partial charge in [0.15, 0.2) is 0 Å². The summed E-state index contributed by atoms with van der Waals surface area (Å²) in [5.41, 5.74) is -1.77. The largest absolute Gasteiger partial charge is 0.384 e. The van der Waals surface area contributed by atoms with E-state index < -0.39 is 11.2 Å². The number of hydrogen-bond acceptors (Lipinski definition) is 6. The molecule has 0 aliphatic carbocycles. The van der Waals surface area contributed by atoms with Crippen molar-refractivity contribution < 1.29 is 29.2 Å². The number of hydrogen-bond donors (Lipinski definition) is 2. The van der Waals surface area contributed by atoms with E-state index in [1.54, 1.807) is 35.2 Å². The summed E-state index contributed by atoms with van der Waals surface area (Å²) in [5.74, 6) is 25.2. The summed E-state index contributed by atoms with van der Waals surface area (Å²) in [5, 5.41) is 17.3. The second kappa shape index (κ2) is 42.6. The number of carbonyl (C=O) groups excluding carboxylic acids is 1. The number of ketones is 1. The first-order chi connectivity index (χ1) is 19.6. The van der Waals surface area contributed by atoms with Gasteiger partial charge in [0.1, 0.15) is 34.8 Å². The van der Waals surface area contributed by atoms with E-state index in [1.807, 2.05) is 69.2 Å². The van der Waals surface area contributed by atoms with Crippen LogP contribution < -0.4 is 0 Å². The van der Waals surface area contributed by atoms with Crippen molar-refractivity contribution in [2.24, 2.45) is 0 Å². The number of aliphatic hydroxyl groups excluding tert-OH is 1. The van der Waals surface area contributed by atoms with E-state index in [1.165, 1.54) is 13.8 Å². The molecule has 46 heavy (non-hydrogen) atoms. The Morgan fingerprint density at radius 3 is 0.957 bits per heavy atom. The van der Waals surface area contributed by atoms with Crippen molar-refractivity contribution in [3.05, 3.63) is 0 Å². The predicted molar refractivity (Wildman–Crippen MR) is 205 cm³/mol. The van der Waals surface area contributed by atoms with Crippen LogP contribution in [0.4, 0.5) is 0 Å². The lowest BCUT2D eigenvalue weighted by Gasteiger charge is -2.13. The van der Waals surface area contributed by atoms with Gasteiger partial charge < -0.3 is 29.2 Å². The van der Waals surface area contributed by atoms with Crippen LogP contribution in [0.5, 0.6) is 0 Å². The maximum absolute atomic E-state index is 9.44. The van der Waals surface area contributed by atoms with Gasteiger partial charge in [-0.3, -0.25) is 0 Å². The van der Waals surface area contributed by atoms with Crippen molar-refractivity contribution in [3.63, 3.8) is 0 Å². The van der Waals surface area contributed by atoms with Gasteiger partial charge in [-0.2, -0.15) is 0 Å². The second-order valence-corrected chi connectivity index (χ2v) is 10.6. The van der Waals surface area contributed by atoms with Gasteiger partial charge in [0.25, 0.3) is 0 Å². The lowest BCUT2D eigenvalue weighted by Crippen LogP contribution is -2.19. The van der Waals surface area contributed by atoms with Gasteiger partial charge in [-0.1, -0.05) is 72.2 Å². The van der Waals surface area contributed by atoms with Crippen LogP contribution >= 0.6 is 12.4 Å². The molecule has 0 bridgehead atoms. The van der Waals surface area contributed by atoms with Crippen LogP contribution in [-0.2, 0) is 19.0 Å². The lowest BCUT2D eigenvalue weighted by molar-refractivity contribution is -0.115. The van der Waals surface area contributed by atoms with Gasteiger partial charge in [-0.15, -0.1) is 42.5 Å². The number of aliphatic hydroxyl groups is 2. The van der Waals surface area contributed by atoms with Gasteiger partial charge in [-0.25, -0.2) is 0 Å². The van der Waals surface area contributed by atoms with Crippen LogP contribution in [-0.4, -0.2) is 66.3 Å². The third-order valence-corrected chi connectivity index (χ3v) is 3.91. The quantitative estimate of drug-likeness (QED) is 0.292. The van der Waals surface area contributed by atoms with Crippen molar-refractivity contribution in [1.29, 1.82) is 0 Å². The number of halogens is 1. The molecule has 6 nitrogen and oxygen atoms in total. The second-order valence-electron chi connectivity index (χ2n) is 10.6. The maximum Gasteiger partial charge on any atom is 0.126 e. The molecule has 0 amide bonds.